The first kappa shape index (κ1) is 13.2. The van der Waals surface area contributed by atoms with Crippen molar-refractivity contribution in [3.63, 3.8) is 0 Å². The third-order valence-corrected chi connectivity index (χ3v) is 4.02. The molecule has 0 aliphatic carbocycles. The lowest BCUT2D eigenvalue weighted by atomic mass is 10.2. The molecular weight excluding hydrogens is 296 g/mol. The van der Waals surface area contributed by atoms with Gasteiger partial charge in [0, 0.05) is 5.56 Å². The summed E-state index contributed by atoms with van der Waals surface area (Å²) in [6.07, 6.45) is 1.75. The molecule has 4 nitrogen and oxygen atoms in total. The lowest BCUT2D eigenvalue weighted by Gasteiger charge is -1.94. The van der Waals surface area contributed by atoms with Gasteiger partial charge in [-0.15, -0.1) is 0 Å². The summed E-state index contributed by atoms with van der Waals surface area (Å²) in [6.45, 7) is 0. The minimum Gasteiger partial charge on any atom is -0.440 e. The zero-order chi connectivity index (χ0) is 14.8. The molecule has 0 fully saturated rings. The molecule has 22 heavy (non-hydrogen) atoms. The average Bonchev–Trinajstić information content (AvgIpc) is 3.20. The van der Waals surface area contributed by atoms with E-state index in [1.807, 2.05) is 54.6 Å². The minimum absolute atomic E-state index is 0.583. The smallest absolute Gasteiger partial charge is 0.257 e. The van der Waals surface area contributed by atoms with E-state index in [0.717, 1.165) is 22.4 Å². The summed E-state index contributed by atoms with van der Waals surface area (Å²) in [5, 5.41) is 0.626. The van der Waals surface area contributed by atoms with Gasteiger partial charge in [-0.2, -0.15) is 0 Å². The van der Waals surface area contributed by atoms with Gasteiger partial charge in [-0.3, -0.25) is 0 Å². The van der Waals surface area contributed by atoms with Crippen molar-refractivity contribution in [3.8, 4) is 11.3 Å². The number of oxazole rings is 2. The second kappa shape index (κ2) is 5.69. The van der Waals surface area contributed by atoms with E-state index in [1.165, 1.54) is 11.8 Å². The first-order valence-corrected chi connectivity index (χ1v) is 7.85. The minimum atomic E-state index is 0.583. The Hall–Kier alpha value is -2.53. The van der Waals surface area contributed by atoms with Gasteiger partial charge < -0.3 is 8.83 Å². The number of fused-ring (bicyclic) bond motifs is 1. The third kappa shape index (κ3) is 2.63. The molecule has 0 bridgehead atoms. The van der Waals surface area contributed by atoms with Gasteiger partial charge in [0.15, 0.2) is 11.3 Å². The number of para-hydroxylation sites is 2. The van der Waals surface area contributed by atoms with Gasteiger partial charge in [0.2, 0.25) is 5.89 Å². The van der Waals surface area contributed by atoms with Crippen LogP contribution in [-0.4, -0.2) is 9.97 Å². The fourth-order valence-corrected chi connectivity index (χ4v) is 2.84. The molecule has 0 aliphatic rings. The van der Waals surface area contributed by atoms with E-state index in [1.54, 1.807) is 6.20 Å². The highest BCUT2D eigenvalue weighted by Gasteiger charge is 2.10. The summed E-state index contributed by atoms with van der Waals surface area (Å²) < 4.78 is 11.4. The molecule has 0 N–H and O–H groups in total. The van der Waals surface area contributed by atoms with Gasteiger partial charge in [-0.25, -0.2) is 9.97 Å². The zero-order valence-corrected chi connectivity index (χ0v) is 12.4. The van der Waals surface area contributed by atoms with E-state index in [4.69, 9.17) is 8.83 Å². The lowest BCUT2D eigenvalue weighted by Crippen LogP contribution is -1.79. The van der Waals surface area contributed by atoms with E-state index >= 15 is 0 Å². The molecule has 2 aromatic carbocycles. The molecule has 0 amide bonds. The number of aromatic nitrogens is 2. The fraction of sp³-hybridized carbons (Fsp3) is 0.0588. The van der Waals surface area contributed by atoms with E-state index in [-0.39, 0.29) is 0 Å². The van der Waals surface area contributed by atoms with Crippen molar-refractivity contribution in [2.24, 2.45) is 0 Å². The van der Waals surface area contributed by atoms with Gasteiger partial charge in [0.05, 0.1) is 11.9 Å². The Morgan fingerprint density at radius 3 is 2.59 bits per heavy atom. The van der Waals surface area contributed by atoms with E-state index in [2.05, 4.69) is 9.97 Å². The van der Waals surface area contributed by atoms with Crippen molar-refractivity contribution in [1.82, 2.24) is 9.97 Å². The third-order valence-electron chi connectivity index (χ3n) is 3.21. The Bertz CT molecular complexity index is 866. The number of nitrogens with zero attached hydrogens (tertiary/aromatic N) is 2. The molecule has 0 unspecified atom stereocenters. The maximum atomic E-state index is 5.76. The quantitative estimate of drug-likeness (QED) is 0.508. The number of rotatable bonds is 4. The Labute approximate surface area is 131 Å². The number of benzene rings is 2. The van der Waals surface area contributed by atoms with Crippen molar-refractivity contribution < 1.29 is 8.83 Å². The molecule has 0 saturated heterocycles. The highest BCUT2D eigenvalue weighted by atomic mass is 32.2. The van der Waals surface area contributed by atoms with Crippen molar-refractivity contribution in [2.45, 2.75) is 11.0 Å². The van der Waals surface area contributed by atoms with Crippen LogP contribution in [0.5, 0.6) is 0 Å². The van der Waals surface area contributed by atoms with Crippen LogP contribution in [0.15, 0.2) is 74.9 Å². The molecule has 4 aromatic rings. The highest BCUT2D eigenvalue weighted by molar-refractivity contribution is 7.98. The predicted octanol–water partition coefficient (Wildman–Crippen LogP) is 4.78. The van der Waals surface area contributed by atoms with Crippen LogP contribution in [0.3, 0.4) is 0 Å². The fourth-order valence-electron chi connectivity index (χ4n) is 2.15. The van der Waals surface area contributed by atoms with Crippen molar-refractivity contribution in [1.29, 1.82) is 0 Å². The van der Waals surface area contributed by atoms with E-state index < -0.39 is 0 Å². The standard InChI is InChI=1S/C17H12N2O2S/c1-2-6-12(7-3-1)15-10-18-16(20-15)11-22-17-19-13-8-4-5-9-14(13)21-17/h1-10H,11H2. The summed E-state index contributed by atoms with van der Waals surface area (Å²) in [7, 11) is 0. The van der Waals surface area contributed by atoms with Crippen LogP contribution in [0.2, 0.25) is 0 Å². The summed E-state index contributed by atoms with van der Waals surface area (Å²) in [4.78, 5) is 8.72. The summed E-state index contributed by atoms with van der Waals surface area (Å²) in [5.74, 6) is 2.01. The Balaban J connectivity index is 1.49. The van der Waals surface area contributed by atoms with Crippen LogP contribution in [0.25, 0.3) is 22.4 Å². The molecule has 0 saturated carbocycles. The molecule has 2 aromatic heterocycles. The zero-order valence-electron chi connectivity index (χ0n) is 11.6. The Morgan fingerprint density at radius 1 is 0.909 bits per heavy atom. The number of thioether (sulfide) groups is 1. The molecule has 0 atom stereocenters. The second-order valence-corrected chi connectivity index (χ2v) is 5.65. The Morgan fingerprint density at radius 2 is 1.73 bits per heavy atom. The maximum absolute atomic E-state index is 5.76. The summed E-state index contributed by atoms with van der Waals surface area (Å²) in [6, 6.07) is 17.6. The molecule has 4 rings (SSSR count). The van der Waals surface area contributed by atoms with Crippen LogP contribution >= 0.6 is 11.8 Å². The monoisotopic (exact) mass is 308 g/mol. The van der Waals surface area contributed by atoms with E-state index in [0.29, 0.717) is 16.9 Å². The van der Waals surface area contributed by atoms with Gasteiger partial charge in [0.25, 0.3) is 5.22 Å². The first-order valence-electron chi connectivity index (χ1n) is 6.87. The number of hydrogen-bond acceptors (Lipinski definition) is 5. The topological polar surface area (TPSA) is 52.1 Å². The van der Waals surface area contributed by atoms with Crippen molar-refractivity contribution in [2.75, 3.05) is 0 Å². The van der Waals surface area contributed by atoms with Crippen LogP contribution in [0.1, 0.15) is 5.89 Å². The van der Waals surface area contributed by atoms with Crippen LogP contribution in [0.4, 0.5) is 0 Å². The van der Waals surface area contributed by atoms with Crippen molar-refractivity contribution in [3.05, 3.63) is 66.7 Å². The molecule has 0 radical (unpaired) electrons. The Kier molecular flexibility index (Phi) is 3.40. The average molecular weight is 308 g/mol. The highest BCUT2D eigenvalue weighted by Crippen LogP contribution is 2.27. The summed E-state index contributed by atoms with van der Waals surface area (Å²) >= 11 is 1.47. The molecule has 2 heterocycles. The van der Waals surface area contributed by atoms with Crippen molar-refractivity contribution >= 4 is 22.9 Å². The molecule has 108 valence electrons. The van der Waals surface area contributed by atoms with Crippen LogP contribution in [-0.2, 0) is 5.75 Å². The second-order valence-electron chi connectivity index (χ2n) is 4.72. The normalized spacial score (nSPS) is 11.1. The SMILES string of the molecule is c1ccc(-c2cnc(CSc3nc4ccccc4o3)o2)cc1. The van der Waals surface area contributed by atoms with E-state index in [9.17, 15) is 0 Å². The molecule has 5 heteroatoms. The maximum Gasteiger partial charge on any atom is 0.257 e. The van der Waals surface area contributed by atoms with Gasteiger partial charge >= 0.3 is 0 Å². The molecule has 0 spiro atoms. The first-order chi connectivity index (χ1) is 10.9. The van der Waals surface area contributed by atoms with Gasteiger partial charge in [0.1, 0.15) is 5.52 Å². The molecular formula is C17H12N2O2S. The van der Waals surface area contributed by atoms with Gasteiger partial charge in [-0.1, -0.05) is 54.2 Å². The van der Waals surface area contributed by atoms with Crippen LogP contribution < -0.4 is 0 Å². The van der Waals surface area contributed by atoms with Crippen LogP contribution in [0, 0.1) is 0 Å². The molecule has 0 aliphatic heterocycles. The summed E-state index contributed by atoms with van der Waals surface area (Å²) in [5.41, 5.74) is 2.68. The largest absolute Gasteiger partial charge is 0.440 e. The lowest BCUT2D eigenvalue weighted by molar-refractivity contribution is 0.486. The number of hydrogen-bond donors (Lipinski definition) is 0. The predicted molar refractivity (Wildman–Crippen MR) is 85.5 cm³/mol. The van der Waals surface area contributed by atoms with Gasteiger partial charge in [-0.05, 0) is 12.1 Å².